The second kappa shape index (κ2) is 7.86. The maximum atomic E-state index is 14.4. The van der Waals surface area contributed by atoms with E-state index in [-0.39, 0.29) is 33.7 Å². The zero-order valence-electron chi connectivity index (χ0n) is 18.3. The summed E-state index contributed by atoms with van der Waals surface area (Å²) >= 11 is 6.31. The van der Waals surface area contributed by atoms with Crippen molar-refractivity contribution in [2.75, 3.05) is 5.32 Å². The third-order valence-electron chi connectivity index (χ3n) is 5.84. The van der Waals surface area contributed by atoms with E-state index in [4.69, 9.17) is 17.3 Å². The molecular weight excluding hydrogens is 513 g/mol. The van der Waals surface area contributed by atoms with Crippen LogP contribution in [0.15, 0.2) is 55.0 Å². The van der Waals surface area contributed by atoms with Gasteiger partial charge in [-0.1, -0.05) is 23.7 Å². The van der Waals surface area contributed by atoms with Crippen molar-refractivity contribution in [1.82, 2.24) is 29.8 Å². The zero-order valence-corrected chi connectivity index (χ0v) is 19.0. The van der Waals surface area contributed by atoms with Gasteiger partial charge in [-0.05, 0) is 24.3 Å². The monoisotopic (exact) mass is 524 g/mol. The number of nitrogens with one attached hydrogen (secondary N) is 1. The predicted octanol–water partition coefficient (Wildman–Crippen LogP) is 4.01. The Bertz CT molecular complexity index is 1760. The van der Waals surface area contributed by atoms with E-state index in [1.807, 2.05) is 0 Å². The molecule has 184 valence electrons. The molecule has 10 nitrogen and oxygen atoms in total. The number of hydrogen-bond acceptors (Lipinski definition) is 6. The van der Waals surface area contributed by atoms with Crippen molar-refractivity contribution in [2.45, 2.75) is 6.18 Å². The van der Waals surface area contributed by atoms with Gasteiger partial charge in [0.25, 0.3) is 11.8 Å². The molecule has 3 N–H and O–H groups in total. The van der Waals surface area contributed by atoms with Gasteiger partial charge >= 0.3 is 6.18 Å². The first-order valence-electron chi connectivity index (χ1n) is 10.5. The smallest absolute Gasteiger partial charge is 0.365 e. The molecule has 14 heteroatoms. The summed E-state index contributed by atoms with van der Waals surface area (Å²) in [4.78, 5) is 30.0. The van der Waals surface area contributed by atoms with Gasteiger partial charge in [-0.15, -0.1) is 4.80 Å². The SMILES string of the molecule is NC(=O)c1c(-c2cnc(-n3nccn3)c(Cl)c2)nn(-c2ccc3c4c(cccc24)C(=O)N3)c1C(F)(F)F. The number of halogens is 4. The highest BCUT2D eigenvalue weighted by atomic mass is 35.5. The molecule has 0 saturated carbocycles. The van der Waals surface area contributed by atoms with E-state index in [9.17, 15) is 22.8 Å². The molecule has 0 spiro atoms. The minimum absolute atomic E-state index is 0.00199. The van der Waals surface area contributed by atoms with E-state index in [0.29, 0.717) is 26.7 Å². The van der Waals surface area contributed by atoms with E-state index < -0.39 is 23.3 Å². The van der Waals surface area contributed by atoms with Gasteiger partial charge in [0.05, 0.1) is 28.7 Å². The van der Waals surface area contributed by atoms with Gasteiger partial charge in [0, 0.05) is 33.8 Å². The summed E-state index contributed by atoms with van der Waals surface area (Å²) in [6, 6.07) is 8.82. The highest BCUT2D eigenvalue weighted by Crippen LogP contribution is 2.42. The molecule has 6 rings (SSSR count). The van der Waals surface area contributed by atoms with Crippen LogP contribution in [0, 0.1) is 0 Å². The normalized spacial score (nSPS) is 12.8. The fourth-order valence-electron chi connectivity index (χ4n) is 4.38. The summed E-state index contributed by atoms with van der Waals surface area (Å²) in [6.45, 7) is 0. The highest BCUT2D eigenvalue weighted by Gasteiger charge is 2.43. The number of aromatic nitrogens is 6. The van der Waals surface area contributed by atoms with E-state index in [0.717, 1.165) is 4.80 Å². The Hall–Kier alpha value is -4.78. The van der Waals surface area contributed by atoms with Gasteiger partial charge in [0.1, 0.15) is 5.69 Å². The number of amides is 2. The molecule has 2 aromatic carbocycles. The molecule has 5 aromatic rings. The van der Waals surface area contributed by atoms with Crippen molar-refractivity contribution >= 4 is 39.9 Å². The molecule has 0 aliphatic carbocycles. The third kappa shape index (κ3) is 3.42. The Morgan fingerprint density at radius 3 is 2.54 bits per heavy atom. The van der Waals surface area contributed by atoms with Crippen LogP contribution in [0.3, 0.4) is 0 Å². The molecule has 37 heavy (non-hydrogen) atoms. The van der Waals surface area contributed by atoms with Crippen LogP contribution >= 0.6 is 11.6 Å². The lowest BCUT2D eigenvalue weighted by atomic mass is 10.0. The molecule has 0 unspecified atom stereocenters. The van der Waals surface area contributed by atoms with E-state index in [2.05, 4.69) is 25.6 Å². The summed E-state index contributed by atoms with van der Waals surface area (Å²) in [5.41, 5.74) is 3.63. The number of nitrogens with zero attached hydrogens (tertiary/aromatic N) is 6. The molecule has 0 saturated heterocycles. The molecule has 0 radical (unpaired) electrons. The summed E-state index contributed by atoms with van der Waals surface area (Å²) in [6.07, 6.45) is -1.03. The average Bonchev–Trinajstić information content (AvgIpc) is 3.58. The number of carbonyl (C=O) groups excluding carboxylic acids is 2. The van der Waals surface area contributed by atoms with Crippen molar-refractivity contribution in [2.24, 2.45) is 5.73 Å². The summed E-state index contributed by atoms with van der Waals surface area (Å²) in [5.74, 6) is -1.60. The number of nitrogens with two attached hydrogens (primary N) is 1. The van der Waals surface area contributed by atoms with E-state index in [1.165, 1.54) is 36.8 Å². The molecule has 0 fully saturated rings. The zero-order chi connectivity index (χ0) is 26.1. The Kier molecular flexibility index (Phi) is 4.82. The largest absolute Gasteiger partial charge is 0.434 e. The van der Waals surface area contributed by atoms with Crippen LogP contribution in [0.1, 0.15) is 26.4 Å². The van der Waals surface area contributed by atoms with Gasteiger partial charge in [-0.2, -0.15) is 28.5 Å². The van der Waals surface area contributed by atoms with Crippen LogP contribution in [0.2, 0.25) is 5.02 Å². The molecular formula is C23H12ClF3N8O2. The van der Waals surface area contributed by atoms with Crippen molar-refractivity contribution in [3.63, 3.8) is 0 Å². The number of rotatable bonds is 4. The maximum absolute atomic E-state index is 14.4. The fraction of sp³-hybridized carbons (Fsp3) is 0.0435. The topological polar surface area (TPSA) is 134 Å². The second-order valence-corrected chi connectivity index (χ2v) is 8.42. The van der Waals surface area contributed by atoms with E-state index >= 15 is 0 Å². The molecule has 1 aliphatic rings. The average molecular weight is 525 g/mol. The minimum Gasteiger partial charge on any atom is -0.365 e. The van der Waals surface area contributed by atoms with Crippen LogP contribution < -0.4 is 11.1 Å². The summed E-state index contributed by atoms with van der Waals surface area (Å²) < 4.78 is 44.0. The third-order valence-corrected chi connectivity index (χ3v) is 6.12. The molecule has 1 aliphatic heterocycles. The van der Waals surface area contributed by atoms with Crippen molar-refractivity contribution in [1.29, 1.82) is 0 Å². The predicted molar refractivity (Wildman–Crippen MR) is 126 cm³/mol. The number of primary amides is 1. The molecule has 0 bridgehead atoms. The Morgan fingerprint density at radius 2 is 1.86 bits per heavy atom. The maximum Gasteiger partial charge on any atom is 0.434 e. The lowest BCUT2D eigenvalue weighted by Crippen LogP contribution is -2.21. The fourth-order valence-corrected chi connectivity index (χ4v) is 4.62. The summed E-state index contributed by atoms with van der Waals surface area (Å²) in [7, 11) is 0. The Morgan fingerprint density at radius 1 is 1.11 bits per heavy atom. The van der Waals surface area contributed by atoms with Crippen LogP contribution in [0.5, 0.6) is 0 Å². The highest BCUT2D eigenvalue weighted by molar-refractivity contribution is 6.32. The first-order valence-corrected chi connectivity index (χ1v) is 10.9. The molecule has 0 atom stereocenters. The lowest BCUT2D eigenvalue weighted by molar-refractivity contribution is -0.143. The first kappa shape index (κ1) is 22.7. The standard InChI is InChI=1S/C23H12ClF3N8O2/c24-13-8-10(9-29-21(13)35-30-6-7-31-35)18-17(20(28)36)19(23(25,26)27)34(33-18)15-5-4-14-16-11(15)2-1-3-12(16)22(37)32-14/h1-9H,(H2,28,36)(H,32,37). The lowest BCUT2D eigenvalue weighted by Gasteiger charge is -2.14. The van der Waals surface area contributed by atoms with Gasteiger partial charge < -0.3 is 11.1 Å². The minimum atomic E-state index is -5.03. The van der Waals surface area contributed by atoms with Gasteiger partial charge in [0.2, 0.25) is 0 Å². The second-order valence-electron chi connectivity index (χ2n) is 8.01. The number of pyridine rings is 1. The van der Waals surface area contributed by atoms with Gasteiger partial charge in [-0.25, -0.2) is 9.67 Å². The number of benzene rings is 2. The number of anilines is 1. The van der Waals surface area contributed by atoms with Gasteiger partial charge in [-0.3, -0.25) is 9.59 Å². The first-order chi connectivity index (χ1) is 17.6. The Balaban J connectivity index is 1.63. The number of hydrogen-bond donors (Lipinski definition) is 2. The van der Waals surface area contributed by atoms with Crippen LogP contribution in [-0.4, -0.2) is 41.6 Å². The molecule has 2 amide bonds. The number of carbonyl (C=O) groups is 2. The van der Waals surface area contributed by atoms with Gasteiger partial charge in [0.15, 0.2) is 11.5 Å². The molecule has 3 aromatic heterocycles. The quantitative estimate of drug-likeness (QED) is 0.365. The van der Waals surface area contributed by atoms with Crippen LogP contribution in [0.25, 0.3) is 33.5 Å². The molecule has 4 heterocycles. The van der Waals surface area contributed by atoms with E-state index in [1.54, 1.807) is 18.2 Å². The van der Waals surface area contributed by atoms with Crippen LogP contribution in [0.4, 0.5) is 18.9 Å². The number of alkyl halides is 3. The Labute approximate surface area is 209 Å². The summed E-state index contributed by atoms with van der Waals surface area (Å²) in [5, 5.41) is 15.5. The van der Waals surface area contributed by atoms with Crippen molar-refractivity contribution in [3.8, 4) is 22.8 Å². The van der Waals surface area contributed by atoms with Crippen molar-refractivity contribution < 1.29 is 22.8 Å². The van der Waals surface area contributed by atoms with Crippen LogP contribution in [-0.2, 0) is 6.18 Å². The van der Waals surface area contributed by atoms with Crippen molar-refractivity contribution in [3.05, 3.63) is 76.8 Å².